The van der Waals surface area contributed by atoms with Crippen molar-refractivity contribution in [2.45, 2.75) is 0 Å². The van der Waals surface area contributed by atoms with E-state index in [-0.39, 0.29) is 5.91 Å². The SMILES string of the molecule is O=C(c1ccccc1Cl)N1CCN(c2ccc(-c3cccc4ccccc34)nn2)CC1. The summed E-state index contributed by atoms with van der Waals surface area (Å²) in [4.78, 5) is 16.8. The van der Waals surface area contributed by atoms with Crippen molar-refractivity contribution in [3.8, 4) is 11.3 Å². The highest BCUT2D eigenvalue weighted by Gasteiger charge is 2.24. The highest BCUT2D eigenvalue weighted by atomic mass is 35.5. The highest BCUT2D eigenvalue weighted by Crippen LogP contribution is 2.27. The van der Waals surface area contributed by atoms with Crippen molar-refractivity contribution in [1.29, 1.82) is 0 Å². The smallest absolute Gasteiger partial charge is 0.255 e. The van der Waals surface area contributed by atoms with E-state index in [0.29, 0.717) is 36.8 Å². The average molecular weight is 429 g/mol. The van der Waals surface area contributed by atoms with Gasteiger partial charge >= 0.3 is 0 Å². The minimum atomic E-state index is -0.0253. The van der Waals surface area contributed by atoms with Crippen LogP contribution in [0, 0.1) is 0 Å². The summed E-state index contributed by atoms with van der Waals surface area (Å²) in [5.41, 5.74) is 2.48. The first-order valence-corrected chi connectivity index (χ1v) is 10.7. The fraction of sp³-hybridized carbons (Fsp3) is 0.160. The number of carbonyl (C=O) groups excluding carboxylic acids is 1. The molecule has 0 unspecified atom stereocenters. The molecule has 1 fully saturated rings. The van der Waals surface area contributed by atoms with Crippen LogP contribution in [0.3, 0.4) is 0 Å². The molecule has 5 rings (SSSR count). The second-order valence-corrected chi connectivity index (χ2v) is 7.97. The van der Waals surface area contributed by atoms with Gasteiger partial charge in [-0.2, -0.15) is 0 Å². The zero-order valence-electron chi connectivity index (χ0n) is 16.9. The number of benzene rings is 3. The molecule has 1 aromatic heterocycles. The molecule has 4 aromatic rings. The quantitative estimate of drug-likeness (QED) is 0.465. The number of nitrogens with zero attached hydrogens (tertiary/aromatic N) is 4. The Morgan fingerprint density at radius 2 is 1.52 bits per heavy atom. The van der Waals surface area contributed by atoms with Crippen LogP contribution >= 0.6 is 11.6 Å². The maximum absolute atomic E-state index is 12.8. The number of hydrogen-bond acceptors (Lipinski definition) is 4. The second-order valence-electron chi connectivity index (χ2n) is 7.56. The summed E-state index contributed by atoms with van der Waals surface area (Å²) in [5, 5.41) is 11.8. The van der Waals surface area contributed by atoms with Gasteiger partial charge in [0.15, 0.2) is 5.82 Å². The lowest BCUT2D eigenvalue weighted by molar-refractivity contribution is 0.0746. The Bertz CT molecular complexity index is 1230. The van der Waals surface area contributed by atoms with E-state index >= 15 is 0 Å². The lowest BCUT2D eigenvalue weighted by Gasteiger charge is -2.35. The van der Waals surface area contributed by atoms with E-state index in [4.69, 9.17) is 11.6 Å². The average Bonchev–Trinajstić information content (AvgIpc) is 2.84. The predicted octanol–water partition coefficient (Wildman–Crippen LogP) is 4.91. The van der Waals surface area contributed by atoms with Gasteiger partial charge in [-0.3, -0.25) is 4.79 Å². The predicted molar refractivity (Wildman–Crippen MR) is 125 cm³/mol. The van der Waals surface area contributed by atoms with Gasteiger partial charge in [-0.1, -0.05) is 66.2 Å². The van der Waals surface area contributed by atoms with Gasteiger partial charge in [0.1, 0.15) is 0 Å². The summed E-state index contributed by atoms with van der Waals surface area (Å²) in [6.07, 6.45) is 0. The molecule has 2 heterocycles. The number of fused-ring (bicyclic) bond motifs is 1. The minimum Gasteiger partial charge on any atom is -0.352 e. The third kappa shape index (κ3) is 3.84. The fourth-order valence-corrected chi connectivity index (χ4v) is 4.25. The molecule has 1 aliphatic rings. The van der Waals surface area contributed by atoms with Crippen LogP contribution in [-0.4, -0.2) is 47.2 Å². The molecular weight excluding hydrogens is 408 g/mol. The van der Waals surface area contributed by atoms with Gasteiger partial charge in [0.25, 0.3) is 5.91 Å². The van der Waals surface area contributed by atoms with E-state index in [9.17, 15) is 4.79 Å². The van der Waals surface area contributed by atoms with Crippen LogP contribution in [0.1, 0.15) is 10.4 Å². The third-order valence-corrected chi connectivity index (χ3v) is 6.04. The highest BCUT2D eigenvalue weighted by molar-refractivity contribution is 6.33. The zero-order chi connectivity index (χ0) is 21.2. The van der Waals surface area contributed by atoms with Gasteiger partial charge in [-0.05, 0) is 35.0 Å². The van der Waals surface area contributed by atoms with Crippen LogP contribution in [0.5, 0.6) is 0 Å². The standard InChI is InChI=1S/C25H21ClN4O/c26-22-11-4-3-9-21(22)25(31)30-16-14-29(15-17-30)24-13-12-23(27-28-24)20-10-5-7-18-6-1-2-8-19(18)20/h1-13H,14-17H2. The lowest BCUT2D eigenvalue weighted by atomic mass is 10.0. The molecule has 154 valence electrons. The van der Waals surface area contributed by atoms with Crippen molar-refractivity contribution in [2.75, 3.05) is 31.1 Å². The third-order valence-electron chi connectivity index (χ3n) is 5.71. The maximum atomic E-state index is 12.8. The van der Waals surface area contributed by atoms with E-state index in [1.165, 1.54) is 10.8 Å². The zero-order valence-corrected chi connectivity index (χ0v) is 17.7. The van der Waals surface area contributed by atoms with E-state index in [1.54, 1.807) is 12.1 Å². The molecule has 1 amide bonds. The summed E-state index contributed by atoms with van der Waals surface area (Å²) < 4.78 is 0. The van der Waals surface area contributed by atoms with Gasteiger partial charge in [0.2, 0.25) is 0 Å². The molecule has 0 spiro atoms. The van der Waals surface area contributed by atoms with Gasteiger partial charge in [-0.15, -0.1) is 10.2 Å². The van der Waals surface area contributed by atoms with Crippen LogP contribution in [0.4, 0.5) is 5.82 Å². The Hall–Kier alpha value is -3.44. The number of carbonyl (C=O) groups is 1. The summed E-state index contributed by atoms with van der Waals surface area (Å²) in [7, 11) is 0. The van der Waals surface area contributed by atoms with Crippen LogP contribution in [0.2, 0.25) is 5.02 Å². The summed E-state index contributed by atoms with van der Waals surface area (Å²) in [6.45, 7) is 2.66. The van der Waals surface area contributed by atoms with E-state index in [1.807, 2.05) is 47.4 Å². The Morgan fingerprint density at radius 3 is 2.29 bits per heavy atom. The number of halogens is 1. The monoisotopic (exact) mass is 428 g/mol. The number of rotatable bonds is 3. The van der Waals surface area contributed by atoms with Crippen molar-refractivity contribution in [3.63, 3.8) is 0 Å². The summed E-state index contributed by atoms with van der Waals surface area (Å²) >= 11 is 6.19. The Labute approximate surface area is 185 Å². The van der Waals surface area contributed by atoms with E-state index < -0.39 is 0 Å². The topological polar surface area (TPSA) is 49.3 Å². The molecule has 0 atom stereocenters. The first-order valence-electron chi connectivity index (χ1n) is 10.3. The van der Waals surface area contributed by atoms with Gasteiger partial charge in [0, 0.05) is 31.7 Å². The molecule has 1 aliphatic heterocycles. The van der Waals surface area contributed by atoms with E-state index in [2.05, 4.69) is 39.4 Å². The van der Waals surface area contributed by atoms with Crippen molar-refractivity contribution in [2.24, 2.45) is 0 Å². The molecule has 0 saturated carbocycles. The van der Waals surface area contributed by atoms with Crippen LogP contribution in [0.25, 0.3) is 22.0 Å². The van der Waals surface area contributed by atoms with Crippen LogP contribution in [0.15, 0.2) is 78.9 Å². The number of aromatic nitrogens is 2. The van der Waals surface area contributed by atoms with Crippen molar-refractivity contribution in [1.82, 2.24) is 15.1 Å². The molecular formula is C25H21ClN4O. The largest absolute Gasteiger partial charge is 0.352 e. The first kappa shape index (κ1) is 19.5. The molecule has 1 saturated heterocycles. The molecule has 0 aliphatic carbocycles. The van der Waals surface area contributed by atoms with Crippen molar-refractivity contribution >= 4 is 34.1 Å². The number of piperazine rings is 1. The lowest BCUT2D eigenvalue weighted by Crippen LogP contribution is -2.49. The Morgan fingerprint density at radius 1 is 0.774 bits per heavy atom. The van der Waals surface area contributed by atoms with Gasteiger partial charge in [0.05, 0.1) is 16.3 Å². The fourth-order valence-electron chi connectivity index (χ4n) is 4.03. The van der Waals surface area contributed by atoms with Crippen LogP contribution in [-0.2, 0) is 0 Å². The number of anilines is 1. The Balaban J connectivity index is 1.29. The summed E-state index contributed by atoms with van der Waals surface area (Å²) in [6, 6.07) is 25.7. The van der Waals surface area contributed by atoms with Gasteiger partial charge in [-0.25, -0.2) is 0 Å². The molecule has 0 N–H and O–H groups in total. The minimum absolute atomic E-state index is 0.0253. The number of amides is 1. The van der Waals surface area contributed by atoms with Gasteiger partial charge < -0.3 is 9.80 Å². The molecule has 31 heavy (non-hydrogen) atoms. The second kappa shape index (κ2) is 8.36. The molecule has 3 aromatic carbocycles. The number of hydrogen-bond donors (Lipinski definition) is 0. The van der Waals surface area contributed by atoms with E-state index in [0.717, 1.165) is 17.1 Å². The van der Waals surface area contributed by atoms with Crippen molar-refractivity contribution < 1.29 is 4.79 Å². The van der Waals surface area contributed by atoms with Crippen LogP contribution < -0.4 is 4.90 Å². The maximum Gasteiger partial charge on any atom is 0.255 e. The molecule has 0 bridgehead atoms. The molecule has 5 nitrogen and oxygen atoms in total. The molecule has 6 heteroatoms. The molecule has 0 radical (unpaired) electrons. The summed E-state index contributed by atoms with van der Waals surface area (Å²) in [5.74, 6) is 0.802. The Kier molecular flexibility index (Phi) is 5.26. The normalized spacial score (nSPS) is 14.1. The first-order chi connectivity index (χ1) is 15.2. The van der Waals surface area contributed by atoms with Crippen molar-refractivity contribution in [3.05, 3.63) is 89.4 Å².